The predicted octanol–water partition coefficient (Wildman–Crippen LogP) is 13.8. The fourth-order valence-corrected chi connectivity index (χ4v) is 4.61. The summed E-state index contributed by atoms with van der Waals surface area (Å²) in [7, 11) is 0. The molecule has 0 aromatic heterocycles. The zero-order valence-electron chi connectivity index (χ0n) is 29.3. The first-order chi connectivity index (χ1) is 22.6. The van der Waals surface area contributed by atoms with Crippen molar-refractivity contribution in [2.75, 3.05) is 5.32 Å². The Kier molecular flexibility index (Phi) is 17.9. The van der Waals surface area contributed by atoms with Crippen molar-refractivity contribution in [3.8, 4) is 22.3 Å². The van der Waals surface area contributed by atoms with E-state index in [0.29, 0.717) is 5.92 Å². The van der Waals surface area contributed by atoms with Crippen molar-refractivity contribution in [3.63, 3.8) is 0 Å². The minimum atomic E-state index is 0.535. The molecule has 0 bridgehead atoms. The lowest BCUT2D eigenvalue weighted by Crippen LogP contribution is -1.99. The van der Waals surface area contributed by atoms with Gasteiger partial charge in [0.05, 0.1) is 0 Å². The predicted molar refractivity (Wildman–Crippen MR) is 209 cm³/mol. The molecule has 240 valence electrons. The normalized spacial score (nSPS) is 11.3. The number of unbranched alkanes of at least 4 members (excludes halogenated alkanes) is 1. The summed E-state index contributed by atoms with van der Waals surface area (Å²) in [6.45, 7) is 19.3. The molecule has 1 nitrogen and oxygen atoms in total. The molecule has 1 heteroatoms. The van der Waals surface area contributed by atoms with Crippen molar-refractivity contribution < 1.29 is 0 Å². The van der Waals surface area contributed by atoms with E-state index in [2.05, 4.69) is 172 Å². The Morgan fingerprint density at radius 2 is 1.20 bits per heavy atom. The van der Waals surface area contributed by atoms with E-state index in [0.717, 1.165) is 24.2 Å². The monoisotopic (exact) mass is 609 g/mol. The van der Waals surface area contributed by atoms with E-state index < -0.39 is 0 Å². The minimum Gasteiger partial charge on any atom is -0.381 e. The van der Waals surface area contributed by atoms with E-state index in [4.69, 9.17) is 0 Å². The second-order valence-corrected chi connectivity index (χ2v) is 10.9. The first-order valence-electron chi connectivity index (χ1n) is 17.0. The molecule has 0 saturated carbocycles. The quantitative estimate of drug-likeness (QED) is 0.149. The lowest BCUT2D eigenvalue weighted by molar-refractivity contribution is 0.832. The Morgan fingerprint density at radius 1 is 0.674 bits per heavy atom. The van der Waals surface area contributed by atoms with Crippen LogP contribution in [0.5, 0.6) is 0 Å². The topological polar surface area (TPSA) is 12.0 Å². The second-order valence-electron chi connectivity index (χ2n) is 10.9. The van der Waals surface area contributed by atoms with Gasteiger partial charge in [-0.1, -0.05) is 195 Å². The van der Waals surface area contributed by atoms with Crippen molar-refractivity contribution in [2.24, 2.45) is 5.92 Å². The zero-order valence-corrected chi connectivity index (χ0v) is 29.3. The summed E-state index contributed by atoms with van der Waals surface area (Å²) < 4.78 is 0. The highest BCUT2D eigenvalue weighted by atomic mass is 14.9. The Morgan fingerprint density at radius 3 is 1.72 bits per heavy atom. The Labute approximate surface area is 280 Å². The summed E-state index contributed by atoms with van der Waals surface area (Å²) >= 11 is 0. The van der Waals surface area contributed by atoms with Gasteiger partial charge in [-0.25, -0.2) is 0 Å². The number of hydrogen-bond donors (Lipinski definition) is 1. The first-order valence-corrected chi connectivity index (χ1v) is 17.0. The van der Waals surface area contributed by atoms with Crippen LogP contribution in [0.1, 0.15) is 78.0 Å². The Bertz CT molecular complexity index is 1510. The van der Waals surface area contributed by atoms with E-state index in [1.165, 1.54) is 45.4 Å². The maximum absolute atomic E-state index is 3.99. The lowest BCUT2D eigenvalue weighted by Gasteiger charge is -2.10. The van der Waals surface area contributed by atoms with Crippen LogP contribution in [-0.2, 0) is 6.54 Å². The van der Waals surface area contributed by atoms with Crippen molar-refractivity contribution in [3.05, 3.63) is 163 Å². The van der Waals surface area contributed by atoms with Gasteiger partial charge < -0.3 is 5.32 Å². The summed E-state index contributed by atoms with van der Waals surface area (Å²) in [5.74, 6) is 0.535. The van der Waals surface area contributed by atoms with Gasteiger partial charge in [-0.05, 0) is 69.0 Å². The highest BCUT2D eigenvalue weighted by molar-refractivity contribution is 5.77. The third-order valence-corrected chi connectivity index (χ3v) is 7.11. The smallest absolute Gasteiger partial charge is 0.0400 e. The molecular formula is C45H55N. The van der Waals surface area contributed by atoms with Crippen LogP contribution >= 0.6 is 0 Å². The van der Waals surface area contributed by atoms with Gasteiger partial charge in [0.25, 0.3) is 0 Å². The maximum atomic E-state index is 3.99. The average Bonchev–Trinajstić information content (AvgIpc) is 3.12. The summed E-state index contributed by atoms with van der Waals surface area (Å²) in [6, 6.07) is 34.9. The molecule has 0 aliphatic carbocycles. The third kappa shape index (κ3) is 12.8. The summed E-state index contributed by atoms with van der Waals surface area (Å²) in [6.07, 6.45) is 19.3. The Balaban J connectivity index is 0.00000177. The van der Waals surface area contributed by atoms with Gasteiger partial charge in [-0.15, -0.1) is 0 Å². The molecule has 0 aliphatic rings. The lowest BCUT2D eigenvalue weighted by atomic mass is 9.99. The average molecular weight is 610 g/mol. The fraction of sp³-hybridized carbons (Fsp3) is 0.244. The summed E-state index contributed by atoms with van der Waals surface area (Å²) in [5.41, 5.74) is 10.8. The van der Waals surface area contributed by atoms with Crippen LogP contribution < -0.4 is 5.32 Å². The highest BCUT2D eigenvalue weighted by Gasteiger charge is 2.03. The van der Waals surface area contributed by atoms with E-state index in [9.17, 15) is 0 Å². The highest BCUT2D eigenvalue weighted by Crippen LogP contribution is 2.25. The summed E-state index contributed by atoms with van der Waals surface area (Å²) in [5, 5.41) is 3.56. The largest absolute Gasteiger partial charge is 0.381 e. The molecule has 4 aromatic rings. The summed E-state index contributed by atoms with van der Waals surface area (Å²) in [4.78, 5) is 0. The molecule has 0 saturated heterocycles. The van der Waals surface area contributed by atoms with E-state index in [1.807, 2.05) is 33.8 Å². The molecule has 4 aromatic carbocycles. The van der Waals surface area contributed by atoms with Crippen LogP contribution in [0.2, 0.25) is 0 Å². The van der Waals surface area contributed by atoms with Crippen molar-refractivity contribution >= 4 is 17.3 Å². The SMILES string of the molecule is C=C/C(=C\C=C/C(C)C)c1ccc(-c2ccc(NCc3ccc(-c4ccc(C=C/C=C\CCC)cc4)cc3)cc2)cc1.CC.CC. The van der Waals surface area contributed by atoms with Crippen LogP contribution in [0.25, 0.3) is 33.9 Å². The maximum Gasteiger partial charge on any atom is 0.0400 e. The number of anilines is 1. The van der Waals surface area contributed by atoms with E-state index in [1.54, 1.807) is 0 Å². The van der Waals surface area contributed by atoms with Gasteiger partial charge in [-0.2, -0.15) is 0 Å². The van der Waals surface area contributed by atoms with Gasteiger partial charge >= 0.3 is 0 Å². The van der Waals surface area contributed by atoms with Crippen LogP contribution in [0, 0.1) is 5.92 Å². The molecule has 0 spiro atoms. The van der Waals surface area contributed by atoms with Crippen molar-refractivity contribution in [2.45, 2.75) is 67.9 Å². The minimum absolute atomic E-state index is 0.535. The number of hydrogen-bond acceptors (Lipinski definition) is 1. The van der Waals surface area contributed by atoms with Gasteiger partial charge in [0.15, 0.2) is 0 Å². The molecule has 4 rings (SSSR count). The van der Waals surface area contributed by atoms with Crippen molar-refractivity contribution in [1.29, 1.82) is 0 Å². The molecule has 1 N–H and O–H groups in total. The molecule has 0 radical (unpaired) electrons. The number of nitrogens with one attached hydrogen (secondary N) is 1. The van der Waals surface area contributed by atoms with E-state index in [-0.39, 0.29) is 0 Å². The standard InChI is InChI=1S/C41H43N.2C2H6/c1-5-7-8-9-10-13-33-15-19-37(20-16-33)38-21-17-34(18-22-38)31-42-41-29-27-40(28-30-41)39-25-23-36(24-26-39)35(6-2)14-11-12-32(3)4;2*1-2/h6,8-30,32,42H,2,5,7,31H2,1,3-4H3;2*1-2H3/b9-8-,12-11-,13-10?,35-14+;;. The molecule has 0 unspecified atom stereocenters. The van der Waals surface area contributed by atoms with E-state index >= 15 is 0 Å². The van der Waals surface area contributed by atoms with Crippen LogP contribution in [0.3, 0.4) is 0 Å². The van der Waals surface area contributed by atoms with Crippen LogP contribution in [0.15, 0.2) is 146 Å². The molecule has 0 fully saturated rings. The van der Waals surface area contributed by atoms with Gasteiger partial charge in [-0.3, -0.25) is 0 Å². The molecule has 0 amide bonds. The van der Waals surface area contributed by atoms with Gasteiger partial charge in [0.1, 0.15) is 0 Å². The van der Waals surface area contributed by atoms with Crippen molar-refractivity contribution in [1.82, 2.24) is 0 Å². The first kappa shape index (κ1) is 37.6. The molecule has 46 heavy (non-hydrogen) atoms. The fourth-order valence-electron chi connectivity index (χ4n) is 4.61. The number of rotatable bonds is 13. The molecular weight excluding hydrogens is 555 g/mol. The molecule has 0 atom stereocenters. The third-order valence-electron chi connectivity index (χ3n) is 7.11. The molecule has 0 heterocycles. The van der Waals surface area contributed by atoms with Gasteiger partial charge in [0.2, 0.25) is 0 Å². The van der Waals surface area contributed by atoms with Crippen LogP contribution in [0.4, 0.5) is 5.69 Å². The van der Waals surface area contributed by atoms with Gasteiger partial charge in [0, 0.05) is 12.2 Å². The Hall–Kier alpha value is -4.62. The molecule has 0 aliphatic heterocycles. The number of benzene rings is 4. The second kappa shape index (κ2) is 22.0. The number of allylic oxidation sites excluding steroid dienone is 8. The zero-order chi connectivity index (χ0) is 33.6. The van der Waals surface area contributed by atoms with Crippen LogP contribution in [-0.4, -0.2) is 0 Å².